The van der Waals surface area contributed by atoms with Crippen LogP contribution in [0.4, 0.5) is 0 Å². The first-order valence-electron chi connectivity index (χ1n) is 9.45. The topological polar surface area (TPSA) is 101 Å². The van der Waals surface area contributed by atoms with Gasteiger partial charge in [0, 0.05) is 31.5 Å². The summed E-state index contributed by atoms with van der Waals surface area (Å²) in [4.78, 5) is 18.7. The Morgan fingerprint density at radius 2 is 1.96 bits per heavy atom. The van der Waals surface area contributed by atoms with Gasteiger partial charge in [0.2, 0.25) is 10.0 Å². The van der Waals surface area contributed by atoms with Crippen molar-refractivity contribution in [2.75, 3.05) is 19.3 Å². The molecule has 0 aliphatic carbocycles. The number of rotatable bonds is 3. The number of carbonyl (C=O) groups is 1. The largest absolute Gasteiger partial charge is 0.329 e. The molecule has 1 saturated heterocycles. The molecule has 10 heteroatoms. The minimum absolute atomic E-state index is 0.0845. The monoisotopic (exact) mass is 404 g/mol. The Balaban J connectivity index is 1.56. The molecular formula is C18H24N6O3S. The van der Waals surface area contributed by atoms with Gasteiger partial charge in [0.15, 0.2) is 11.6 Å². The molecule has 0 spiro atoms. The normalized spacial score (nSPS) is 20.8. The van der Waals surface area contributed by atoms with Crippen LogP contribution in [0, 0.1) is 6.92 Å². The van der Waals surface area contributed by atoms with Crippen molar-refractivity contribution in [3.8, 4) is 0 Å². The number of pyridine rings is 1. The molecule has 1 amide bonds. The standard InChI is InChI=1S/C18H24N6O3S/c1-13-6-7-14(11-19-13)18(25)22-9-10-23-16(12-22)20-21-17(23)15-5-3-4-8-24(15)28(2,26)27/h6-7,11,15H,3-5,8-10,12H2,1-2H3. The molecule has 0 saturated carbocycles. The number of aryl methyl sites for hydroxylation is 1. The average Bonchev–Trinajstić information content (AvgIpc) is 3.10. The molecule has 150 valence electrons. The minimum atomic E-state index is -3.31. The van der Waals surface area contributed by atoms with E-state index in [-0.39, 0.29) is 11.9 Å². The fourth-order valence-electron chi connectivity index (χ4n) is 3.94. The van der Waals surface area contributed by atoms with Crippen LogP contribution in [0.1, 0.15) is 53.0 Å². The van der Waals surface area contributed by atoms with Gasteiger partial charge in [-0.1, -0.05) is 6.42 Å². The highest BCUT2D eigenvalue weighted by atomic mass is 32.2. The van der Waals surface area contributed by atoms with Crippen molar-refractivity contribution in [1.82, 2.24) is 29.0 Å². The Kier molecular flexibility index (Phi) is 4.92. The number of carbonyl (C=O) groups excluding carboxylic acids is 1. The molecule has 1 fully saturated rings. The molecule has 2 aromatic rings. The summed E-state index contributed by atoms with van der Waals surface area (Å²) in [6.45, 7) is 3.82. The first kappa shape index (κ1) is 19.0. The van der Waals surface area contributed by atoms with Crippen LogP contribution < -0.4 is 0 Å². The highest BCUT2D eigenvalue weighted by Crippen LogP contribution is 2.33. The molecule has 0 N–H and O–H groups in total. The third-order valence-corrected chi connectivity index (χ3v) is 6.69. The predicted molar refractivity (Wildman–Crippen MR) is 102 cm³/mol. The molecule has 2 aliphatic heterocycles. The van der Waals surface area contributed by atoms with Gasteiger partial charge < -0.3 is 9.47 Å². The van der Waals surface area contributed by atoms with Gasteiger partial charge >= 0.3 is 0 Å². The maximum absolute atomic E-state index is 12.8. The van der Waals surface area contributed by atoms with Crippen molar-refractivity contribution < 1.29 is 13.2 Å². The first-order chi connectivity index (χ1) is 13.3. The Labute approximate surface area is 164 Å². The second kappa shape index (κ2) is 7.25. The van der Waals surface area contributed by atoms with Gasteiger partial charge in [-0.05, 0) is 31.9 Å². The molecule has 0 bridgehead atoms. The number of aromatic nitrogens is 4. The number of sulfonamides is 1. The smallest absolute Gasteiger partial charge is 0.255 e. The van der Waals surface area contributed by atoms with Crippen LogP contribution in [0.5, 0.6) is 0 Å². The van der Waals surface area contributed by atoms with Gasteiger partial charge in [-0.3, -0.25) is 9.78 Å². The lowest BCUT2D eigenvalue weighted by molar-refractivity contribution is 0.0704. The average molecular weight is 404 g/mol. The van der Waals surface area contributed by atoms with E-state index in [0.717, 1.165) is 25.0 Å². The third kappa shape index (κ3) is 3.53. The summed E-state index contributed by atoms with van der Waals surface area (Å²) in [6, 6.07) is 3.32. The Hall–Kier alpha value is -2.33. The van der Waals surface area contributed by atoms with Gasteiger partial charge in [-0.25, -0.2) is 8.42 Å². The number of hydrogen-bond donors (Lipinski definition) is 0. The highest BCUT2D eigenvalue weighted by molar-refractivity contribution is 7.88. The summed E-state index contributed by atoms with van der Waals surface area (Å²) in [6.07, 6.45) is 5.40. The van der Waals surface area contributed by atoms with Gasteiger partial charge in [-0.2, -0.15) is 4.31 Å². The molecule has 2 aliphatic rings. The predicted octanol–water partition coefficient (Wildman–Crippen LogP) is 1.12. The number of hydrogen-bond acceptors (Lipinski definition) is 6. The van der Waals surface area contributed by atoms with Crippen molar-refractivity contribution in [2.24, 2.45) is 0 Å². The van der Waals surface area contributed by atoms with Crippen LogP contribution in [0.15, 0.2) is 18.3 Å². The molecule has 28 heavy (non-hydrogen) atoms. The van der Waals surface area contributed by atoms with Crippen molar-refractivity contribution >= 4 is 15.9 Å². The Morgan fingerprint density at radius 1 is 1.14 bits per heavy atom. The van der Waals surface area contributed by atoms with Gasteiger partial charge in [0.25, 0.3) is 5.91 Å². The summed E-state index contributed by atoms with van der Waals surface area (Å²) in [5, 5.41) is 8.59. The fourth-order valence-corrected chi connectivity index (χ4v) is 5.06. The maximum Gasteiger partial charge on any atom is 0.255 e. The molecule has 0 radical (unpaired) electrons. The second-order valence-electron chi connectivity index (χ2n) is 7.43. The second-order valence-corrected chi connectivity index (χ2v) is 9.36. The van der Waals surface area contributed by atoms with Crippen molar-refractivity contribution in [3.05, 3.63) is 41.2 Å². The molecule has 4 heterocycles. The lowest BCUT2D eigenvalue weighted by atomic mass is 10.0. The first-order valence-corrected chi connectivity index (χ1v) is 11.3. The molecule has 1 unspecified atom stereocenters. The molecule has 4 rings (SSSR count). The van der Waals surface area contributed by atoms with E-state index in [1.165, 1.54) is 10.6 Å². The Morgan fingerprint density at radius 3 is 2.68 bits per heavy atom. The minimum Gasteiger partial charge on any atom is -0.329 e. The molecule has 1 atom stereocenters. The molecule has 2 aromatic heterocycles. The van der Waals surface area contributed by atoms with E-state index >= 15 is 0 Å². The SMILES string of the molecule is Cc1ccc(C(=O)N2CCn3c(nnc3C3CCCCN3S(C)(=O)=O)C2)cn1. The zero-order valence-corrected chi connectivity index (χ0v) is 16.9. The maximum atomic E-state index is 12.8. The van der Waals surface area contributed by atoms with Crippen LogP contribution in [-0.4, -0.2) is 62.6 Å². The molecular weight excluding hydrogens is 380 g/mol. The van der Waals surface area contributed by atoms with Crippen LogP contribution in [0.3, 0.4) is 0 Å². The summed E-state index contributed by atoms with van der Waals surface area (Å²) in [5.41, 5.74) is 1.41. The van der Waals surface area contributed by atoms with E-state index in [9.17, 15) is 13.2 Å². The zero-order valence-electron chi connectivity index (χ0n) is 16.1. The van der Waals surface area contributed by atoms with Crippen molar-refractivity contribution in [2.45, 2.75) is 45.3 Å². The van der Waals surface area contributed by atoms with Crippen molar-refractivity contribution in [1.29, 1.82) is 0 Å². The Bertz CT molecular complexity index is 985. The fraction of sp³-hybridized carbons (Fsp3) is 0.556. The number of fused-ring (bicyclic) bond motifs is 1. The quantitative estimate of drug-likeness (QED) is 0.760. The van der Waals surface area contributed by atoms with E-state index < -0.39 is 10.0 Å². The zero-order chi connectivity index (χ0) is 19.9. The van der Waals surface area contributed by atoms with Gasteiger partial charge in [0.1, 0.15) is 0 Å². The van der Waals surface area contributed by atoms with E-state index in [2.05, 4.69) is 15.2 Å². The number of amides is 1. The highest BCUT2D eigenvalue weighted by Gasteiger charge is 2.36. The molecule has 0 aromatic carbocycles. The van der Waals surface area contributed by atoms with E-state index in [1.54, 1.807) is 17.2 Å². The van der Waals surface area contributed by atoms with Gasteiger partial charge in [-0.15, -0.1) is 10.2 Å². The van der Waals surface area contributed by atoms with Crippen LogP contribution in [0.2, 0.25) is 0 Å². The van der Waals surface area contributed by atoms with Crippen LogP contribution in [-0.2, 0) is 23.1 Å². The number of nitrogens with zero attached hydrogens (tertiary/aromatic N) is 6. The van der Waals surface area contributed by atoms with Gasteiger partial charge in [0.05, 0.1) is 24.4 Å². The summed E-state index contributed by atoms with van der Waals surface area (Å²) in [5.74, 6) is 1.29. The van der Waals surface area contributed by atoms with E-state index in [4.69, 9.17) is 0 Å². The van der Waals surface area contributed by atoms with Crippen LogP contribution >= 0.6 is 0 Å². The van der Waals surface area contributed by atoms with E-state index in [0.29, 0.717) is 43.4 Å². The summed E-state index contributed by atoms with van der Waals surface area (Å²) in [7, 11) is -3.31. The van der Waals surface area contributed by atoms with Crippen LogP contribution in [0.25, 0.3) is 0 Å². The van der Waals surface area contributed by atoms with Crippen molar-refractivity contribution in [3.63, 3.8) is 0 Å². The summed E-state index contributed by atoms with van der Waals surface area (Å²) >= 11 is 0. The lowest BCUT2D eigenvalue weighted by Crippen LogP contribution is -2.41. The number of piperidine rings is 1. The lowest BCUT2D eigenvalue weighted by Gasteiger charge is -2.34. The summed E-state index contributed by atoms with van der Waals surface area (Å²) < 4.78 is 27.9. The molecule has 9 nitrogen and oxygen atoms in total. The van der Waals surface area contributed by atoms with E-state index in [1.807, 2.05) is 17.6 Å². The third-order valence-electron chi connectivity index (χ3n) is 5.41.